The molecule has 0 N–H and O–H groups in total. The number of likely N-dealkylation sites (N-methyl/N-ethyl adjacent to an activating group) is 1. The van der Waals surface area contributed by atoms with Crippen LogP contribution in [-0.2, 0) is 19.4 Å². The number of benzene rings is 1. The van der Waals surface area contributed by atoms with Gasteiger partial charge in [0.15, 0.2) is 15.9 Å². The summed E-state index contributed by atoms with van der Waals surface area (Å²) in [6.45, 7) is 3.41. The number of methoxy groups -OCH3 is 1. The second-order valence-corrected chi connectivity index (χ2v) is 8.47. The highest BCUT2D eigenvalue weighted by atomic mass is 32.2. The van der Waals surface area contributed by atoms with Gasteiger partial charge in [-0.25, -0.2) is 13.2 Å². The summed E-state index contributed by atoms with van der Waals surface area (Å²) in [6, 6.07) is 4.54. The Bertz CT molecular complexity index is 773. The van der Waals surface area contributed by atoms with E-state index in [-0.39, 0.29) is 23.5 Å². The molecule has 1 aromatic rings. The van der Waals surface area contributed by atoms with Gasteiger partial charge in [0.25, 0.3) is 5.91 Å². The maximum Gasteiger partial charge on any atom is 0.337 e. The third kappa shape index (κ3) is 4.50. The van der Waals surface area contributed by atoms with Gasteiger partial charge in [0.1, 0.15) is 5.75 Å². The fourth-order valence-electron chi connectivity index (χ4n) is 2.76. The summed E-state index contributed by atoms with van der Waals surface area (Å²) in [7, 11) is -0.190. The zero-order chi connectivity index (χ0) is 18.8. The summed E-state index contributed by atoms with van der Waals surface area (Å²) < 4.78 is 33.6. The first kappa shape index (κ1) is 19.2. The largest absolute Gasteiger partial charge is 0.481 e. The van der Waals surface area contributed by atoms with Crippen LogP contribution in [0.25, 0.3) is 0 Å². The van der Waals surface area contributed by atoms with Gasteiger partial charge in [0.2, 0.25) is 0 Å². The van der Waals surface area contributed by atoms with Gasteiger partial charge in [-0.2, -0.15) is 0 Å². The van der Waals surface area contributed by atoms with Gasteiger partial charge in [-0.3, -0.25) is 4.79 Å². The normalized spacial score (nSPS) is 19.9. The minimum atomic E-state index is -3.07. The van der Waals surface area contributed by atoms with E-state index in [1.165, 1.54) is 18.1 Å². The first-order chi connectivity index (χ1) is 11.6. The number of nitrogens with zero attached hydrogens (tertiary/aromatic N) is 1. The predicted octanol–water partition coefficient (Wildman–Crippen LogP) is 1.19. The second-order valence-electron chi connectivity index (χ2n) is 6.24. The molecule has 1 aliphatic rings. The molecule has 1 saturated heterocycles. The molecule has 1 aliphatic heterocycles. The number of sulfone groups is 1. The first-order valence-electron chi connectivity index (χ1n) is 7.97. The highest BCUT2D eigenvalue weighted by molar-refractivity contribution is 7.91. The second kappa shape index (κ2) is 7.43. The fourth-order valence-corrected chi connectivity index (χ4v) is 4.53. The molecule has 138 valence electrons. The molecule has 0 radical (unpaired) electrons. The molecular formula is C17H23NO6S. The number of hydrogen-bond acceptors (Lipinski definition) is 6. The van der Waals surface area contributed by atoms with Crippen LogP contribution in [0, 0.1) is 6.92 Å². The molecule has 0 unspecified atom stereocenters. The monoisotopic (exact) mass is 369 g/mol. The van der Waals surface area contributed by atoms with E-state index in [4.69, 9.17) is 4.74 Å². The van der Waals surface area contributed by atoms with Crippen molar-refractivity contribution in [1.29, 1.82) is 0 Å². The lowest BCUT2D eigenvalue weighted by molar-refractivity contribution is -0.138. The number of esters is 1. The van der Waals surface area contributed by atoms with Crippen LogP contribution >= 0.6 is 0 Å². The molecule has 0 saturated carbocycles. The topological polar surface area (TPSA) is 90.0 Å². The number of rotatable bonds is 5. The quantitative estimate of drug-likeness (QED) is 0.725. The molecule has 1 heterocycles. The summed E-state index contributed by atoms with van der Waals surface area (Å²) in [6.07, 6.45) is -0.367. The fraction of sp³-hybridized carbons (Fsp3) is 0.529. The van der Waals surface area contributed by atoms with Crippen molar-refractivity contribution in [1.82, 2.24) is 4.90 Å². The maximum absolute atomic E-state index is 12.5. The molecule has 0 spiro atoms. The summed E-state index contributed by atoms with van der Waals surface area (Å²) in [4.78, 5) is 25.6. The van der Waals surface area contributed by atoms with Crippen molar-refractivity contribution < 1.29 is 27.5 Å². The zero-order valence-corrected chi connectivity index (χ0v) is 15.6. The Morgan fingerprint density at radius 3 is 2.56 bits per heavy atom. The minimum Gasteiger partial charge on any atom is -0.481 e. The summed E-state index contributed by atoms with van der Waals surface area (Å²) >= 11 is 0. The maximum atomic E-state index is 12.5. The third-order valence-electron chi connectivity index (χ3n) is 4.36. The third-order valence-corrected chi connectivity index (χ3v) is 6.11. The van der Waals surface area contributed by atoms with E-state index in [0.29, 0.717) is 17.7 Å². The van der Waals surface area contributed by atoms with Crippen LogP contribution in [0.15, 0.2) is 18.2 Å². The molecule has 25 heavy (non-hydrogen) atoms. The van der Waals surface area contributed by atoms with Crippen LogP contribution in [0.2, 0.25) is 0 Å². The van der Waals surface area contributed by atoms with E-state index in [2.05, 4.69) is 4.74 Å². The van der Waals surface area contributed by atoms with Crippen LogP contribution in [-0.4, -0.2) is 63.0 Å². The van der Waals surface area contributed by atoms with Crippen molar-refractivity contribution in [3.05, 3.63) is 29.3 Å². The average Bonchev–Trinajstić information content (AvgIpc) is 2.94. The number of amides is 1. The van der Waals surface area contributed by atoms with Gasteiger partial charge < -0.3 is 14.4 Å². The summed E-state index contributed by atoms with van der Waals surface area (Å²) in [5.41, 5.74) is 1.11. The van der Waals surface area contributed by atoms with Gasteiger partial charge in [-0.05, 0) is 38.0 Å². The first-order valence-corrected chi connectivity index (χ1v) is 9.79. The predicted molar refractivity (Wildman–Crippen MR) is 92.4 cm³/mol. The molecule has 2 atom stereocenters. The number of aryl methyl sites for hydroxylation is 1. The molecular weight excluding hydrogens is 346 g/mol. The molecule has 0 bridgehead atoms. The Hall–Kier alpha value is -2.09. The van der Waals surface area contributed by atoms with Gasteiger partial charge in [-0.15, -0.1) is 0 Å². The van der Waals surface area contributed by atoms with E-state index >= 15 is 0 Å². The van der Waals surface area contributed by atoms with Crippen molar-refractivity contribution in [2.24, 2.45) is 0 Å². The van der Waals surface area contributed by atoms with E-state index < -0.39 is 21.9 Å². The van der Waals surface area contributed by atoms with Crippen molar-refractivity contribution in [3.63, 3.8) is 0 Å². The van der Waals surface area contributed by atoms with Crippen LogP contribution < -0.4 is 4.74 Å². The van der Waals surface area contributed by atoms with Gasteiger partial charge in [0.05, 0.1) is 24.2 Å². The van der Waals surface area contributed by atoms with Crippen molar-refractivity contribution in [2.75, 3.05) is 25.7 Å². The molecule has 1 aromatic carbocycles. The molecule has 2 rings (SSSR count). The lowest BCUT2D eigenvalue weighted by atomic mass is 10.1. The Balaban J connectivity index is 2.09. The number of ether oxygens (including phenoxy) is 2. The van der Waals surface area contributed by atoms with Crippen LogP contribution in [0.4, 0.5) is 0 Å². The lowest BCUT2D eigenvalue weighted by Gasteiger charge is -2.27. The number of hydrogen-bond donors (Lipinski definition) is 0. The van der Waals surface area contributed by atoms with Gasteiger partial charge in [0, 0.05) is 13.1 Å². The highest BCUT2D eigenvalue weighted by Gasteiger charge is 2.34. The Morgan fingerprint density at radius 2 is 2.00 bits per heavy atom. The SMILES string of the molecule is COC(=O)c1ccc(C)c(O[C@@H](C)C(=O)N(C)[C@@H]2CCS(=O)(=O)C2)c1. The summed E-state index contributed by atoms with van der Waals surface area (Å²) in [5.74, 6) is -0.290. The highest BCUT2D eigenvalue weighted by Crippen LogP contribution is 2.23. The van der Waals surface area contributed by atoms with Crippen molar-refractivity contribution in [2.45, 2.75) is 32.4 Å². The van der Waals surface area contributed by atoms with E-state index in [1.54, 1.807) is 33.0 Å². The molecule has 0 aromatic heterocycles. The lowest BCUT2D eigenvalue weighted by Crippen LogP contribution is -2.44. The Kier molecular flexibility index (Phi) is 5.72. The van der Waals surface area contributed by atoms with Crippen molar-refractivity contribution in [3.8, 4) is 5.75 Å². The summed E-state index contributed by atoms with van der Waals surface area (Å²) in [5, 5.41) is 0. The smallest absolute Gasteiger partial charge is 0.337 e. The number of carbonyl (C=O) groups excluding carboxylic acids is 2. The van der Waals surface area contributed by atoms with Gasteiger partial charge >= 0.3 is 5.97 Å². The molecule has 1 amide bonds. The van der Waals surface area contributed by atoms with Crippen molar-refractivity contribution >= 4 is 21.7 Å². The Morgan fingerprint density at radius 1 is 1.32 bits per heavy atom. The van der Waals surface area contributed by atoms with E-state index in [1.807, 2.05) is 0 Å². The standard InChI is InChI=1S/C17H23NO6S/c1-11-5-6-13(17(20)23-4)9-15(11)24-12(2)16(19)18(3)14-7-8-25(21,22)10-14/h5-6,9,12,14H,7-8,10H2,1-4H3/t12-,14+/m0/s1. The van der Waals surface area contributed by atoms with Gasteiger partial charge in [-0.1, -0.05) is 6.07 Å². The van der Waals surface area contributed by atoms with Crippen LogP contribution in [0.3, 0.4) is 0 Å². The molecule has 8 heteroatoms. The zero-order valence-electron chi connectivity index (χ0n) is 14.8. The number of carbonyl (C=O) groups is 2. The van der Waals surface area contributed by atoms with E-state index in [0.717, 1.165) is 5.56 Å². The van der Waals surface area contributed by atoms with Crippen LogP contribution in [0.1, 0.15) is 29.3 Å². The van der Waals surface area contributed by atoms with Crippen LogP contribution in [0.5, 0.6) is 5.75 Å². The molecule has 1 fully saturated rings. The minimum absolute atomic E-state index is 0.0151. The molecule has 0 aliphatic carbocycles. The van der Waals surface area contributed by atoms with E-state index in [9.17, 15) is 18.0 Å². The Labute approximate surface area is 147 Å². The molecule has 7 nitrogen and oxygen atoms in total. The average molecular weight is 369 g/mol.